The lowest BCUT2D eigenvalue weighted by Gasteiger charge is -2.00. The van der Waals surface area contributed by atoms with E-state index in [1.165, 1.54) is 23.5 Å². The van der Waals surface area contributed by atoms with Crippen LogP contribution in [-0.2, 0) is 9.59 Å². The predicted octanol–water partition coefficient (Wildman–Crippen LogP) is 6.78. The second-order valence-corrected chi connectivity index (χ2v) is 10.4. The quantitative estimate of drug-likeness (QED) is 0.351. The normalized spacial score (nSPS) is 19.9. The summed E-state index contributed by atoms with van der Waals surface area (Å²) in [4.78, 5) is 34.9. The Labute approximate surface area is 225 Å². The van der Waals surface area contributed by atoms with Crippen LogP contribution in [0.25, 0.3) is 12.2 Å². The first kappa shape index (κ1) is 24.4. The lowest BCUT2D eigenvalue weighted by molar-refractivity contribution is -0.116. The second-order valence-electron chi connectivity index (χ2n) is 7.53. The molecule has 0 spiro atoms. The maximum atomic E-state index is 12.4. The fourth-order valence-electron chi connectivity index (χ4n) is 3.29. The number of thioether (sulfide) groups is 2. The van der Waals surface area contributed by atoms with Crippen LogP contribution < -0.4 is 10.6 Å². The fourth-order valence-corrected chi connectivity index (χ4v) is 5.34. The number of hydrogen-bond acceptors (Lipinski definition) is 6. The fraction of sp³-hybridized carbons (Fsp3) is 0. The number of benzene rings is 3. The van der Waals surface area contributed by atoms with Crippen molar-refractivity contribution in [3.8, 4) is 0 Å². The molecule has 0 aromatic heterocycles. The minimum Gasteiger partial charge on any atom is -0.300 e. The number of rotatable bonds is 4. The van der Waals surface area contributed by atoms with Crippen LogP contribution >= 0.6 is 46.7 Å². The number of amidine groups is 2. The van der Waals surface area contributed by atoms with Crippen LogP contribution in [0.4, 0.5) is 11.4 Å². The lowest BCUT2D eigenvalue weighted by atomic mass is 10.2. The molecule has 178 valence electrons. The highest BCUT2D eigenvalue weighted by atomic mass is 35.5. The van der Waals surface area contributed by atoms with Gasteiger partial charge in [0.2, 0.25) is 0 Å². The van der Waals surface area contributed by atoms with E-state index < -0.39 is 0 Å². The summed E-state index contributed by atoms with van der Waals surface area (Å²) in [5, 5.41) is 7.59. The van der Waals surface area contributed by atoms with Crippen LogP contribution in [-0.4, -0.2) is 22.1 Å². The molecule has 3 aromatic rings. The molecule has 0 bridgehead atoms. The summed E-state index contributed by atoms with van der Waals surface area (Å²) in [6.07, 6.45) is 3.47. The smallest absolute Gasteiger partial charge is 0.264 e. The Bertz CT molecular complexity index is 1410. The summed E-state index contributed by atoms with van der Waals surface area (Å²) in [5.74, 6) is -0.476. The van der Waals surface area contributed by atoms with Gasteiger partial charge in [-0.3, -0.25) is 9.59 Å². The third-order valence-corrected chi connectivity index (χ3v) is 7.48. The van der Waals surface area contributed by atoms with Crippen molar-refractivity contribution in [2.75, 3.05) is 0 Å². The zero-order chi connectivity index (χ0) is 25.1. The summed E-state index contributed by atoms with van der Waals surface area (Å²) in [6, 6.07) is 21.8. The van der Waals surface area contributed by atoms with Gasteiger partial charge in [-0.25, -0.2) is 9.98 Å². The van der Waals surface area contributed by atoms with Gasteiger partial charge in [-0.15, -0.1) is 0 Å². The summed E-state index contributed by atoms with van der Waals surface area (Å²) in [5.41, 5.74) is 2.74. The van der Waals surface area contributed by atoms with Crippen molar-refractivity contribution in [2.45, 2.75) is 0 Å². The van der Waals surface area contributed by atoms with Gasteiger partial charge in [0.05, 0.1) is 21.2 Å². The SMILES string of the molecule is O=C1NC(=Nc2cccc(N=C3NC(=O)/C(=C\c4ccccc4Cl)S3)c2)S/C1=C\c1ccccc1Cl. The number of nitrogens with one attached hydrogen (secondary N) is 2. The molecule has 0 atom stereocenters. The van der Waals surface area contributed by atoms with Crippen molar-refractivity contribution < 1.29 is 9.59 Å². The Morgan fingerprint density at radius 3 is 1.53 bits per heavy atom. The lowest BCUT2D eigenvalue weighted by Crippen LogP contribution is -2.19. The number of aliphatic imine (C=N–C) groups is 2. The van der Waals surface area contributed by atoms with Crippen LogP contribution in [0.5, 0.6) is 0 Å². The number of amides is 2. The van der Waals surface area contributed by atoms with Crippen LogP contribution in [0.3, 0.4) is 0 Å². The van der Waals surface area contributed by atoms with E-state index in [0.717, 1.165) is 11.1 Å². The van der Waals surface area contributed by atoms with Gasteiger partial charge in [0, 0.05) is 10.0 Å². The van der Waals surface area contributed by atoms with E-state index in [0.29, 0.717) is 41.6 Å². The third kappa shape index (κ3) is 5.74. The molecule has 3 aromatic carbocycles. The van der Waals surface area contributed by atoms with Gasteiger partial charge in [-0.05, 0) is 77.1 Å². The van der Waals surface area contributed by atoms with E-state index in [1.807, 2.05) is 54.6 Å². The van der Waals surface area contributed by atoms with Gasteiger partial charge in [-0.1, -0.05) is 65.7 Å². The standard InChI is InChI=1S/C26H16Cl2N4O2S2/c27-19-10-3-1-6-15(19)12-21-23(33)31-25(35-21)29-17-8-5-9-18(14-17)30-26-32-24(34)22(36-26)13-16-7-2-4-11-20(16)28/h1-14H,(H,29,31,33)(H,30,32,34)/b21-12-,22-13+. The average molecular weight is 551 g/mol. The van der Waals surface area contributed by atoms with Crippen molar-refractivity contribution in [1.29, 1.82) is 0 Å². The molecule has 2 fully saturated rings. The monoisotopic (exact) mass is 550 g/mol. The highest BCUT2D eigenvalue weighted by Crippen LogP contribution is 2.32. The Balaban J connectivity index is 1.33. The molecule has 0 unspecified atom stereocenters. The molecule has 2 N–H and O–H groups in total. The molecule has 2 amide bonds. The predicted molar refractivity (Wildman–Crippen MR) is 151 cm³/mol. The van der Waals surface area contributed by atoms with Crippen molar-refractivity contribution in [2.24, 2.45) is 9.98 Å². The average Bonchev–Trinajstić information content (AvgIpc) is 3.37. The van der Waals surface area contributed by atoms with Gasteiger partial charge in [-0.2, -0.15) is 0 Å². The van der Waals surface area contributed by atoms with E-state index in [4.69, 9.17) is 23.2 Å². The van der Waals surface area contributed by atoms with Gasteiger partial charge in [0.25, 0.3) is 11.8 Å². The summed E-state index contributed by atoms with van der Waals surface area (Å²) in [6.45, 7) is 0. The molecule has 36 heavy (non-hydrogen) atoms. The molecule has 5 rings (SSSR count). The summed E-state index contributed by atoms with van der Waals surface area (Å²) in [7, 11) is 0. The zero-order valence-electron chi connectivity index (χ0n) is 18.4. The molecule has 2 aliphatic rings. The molecule has 2 saturated heterocycles. The Kier molecular flexibility index (Phi) is 7.29. The summed E-state index contributed by atoms with van der Waals surface area (Å²) < 4.78 is 0. The van der Waals surface area contributed by atoms with Gasteiger partial charge >= 0.3 is 0 Å². The molecule has 0 radical (unpaired) electrons. The van der Waals surface area contributed by atoms with Crippen LogP contribution in [0, 0.1) is 0 Å². The van der Waals surface area contributed by atoms with Crippen LogP contribution in [0.15, 0.2) is 92.6 Å². The molecule has 10 heteroatoms. The van der Waals surface area contributed by atoms with Crippen molar-refractivity contribution >= 4 is 92.4 Å². The van der Waals surface area contributed by atoms with Gasteiger partial charge < -0.3 is 10.6 Å². The number of nitrogens with zero attached hydrogens (tertiary/aromatic N) is 2. The first-order valence-electron chi connectivity index (χ1n) is 10.6. The first-order chi connectivity index (χ1) is 17.4. The molecule has 2 heterocycles. The van der Waals surface area contributed by atoms with E-state index in [-0.39, 0.29) is 11.8 Å². The summed E-state index contributed by atoms with van der Waals surface area (Å²) >= 11 is 14.9. The number of hydrogen-bond donors (Lipinski definition) is 2. The molecule has 0 aliphatic carbocycles. The minimum atomic E-state index is -0.238. The Hall–Kier alpha value is -3.30. The van der Waals surface area contributed by atoms with E-state index >= 15 is 0 Å². The number of carbonyl (C=O) groups is 2. The van der Waals surface area contributed by atoms with Gasteiger partial charge in [0.1, 0.15) is 0 Å². The number of halogens is 2. The third-order valence-electron chi connectivity index (χ3n) is 4.98. The second kappa shape index (κ2) is 10.8. The molecule has 6 nitrogen and oxygen atoms in total. The van der Waals surface area contributed by atoms with Crippen LogP contribution in [0.2, 0.25) is 10.0 Å². The van der Waals surface area contributed by atoms with Crippen molar-refractivity contribution in [3.05, 3.63) is 104 Å². The van der Waals surface area contributed by atoms with E-state index in [9.17, 15) is 9.59 Å². The molecule has 2 aliphatic heterocycles. The van der Waals surface area contributed by atoms with Gasteiger partial charge in [0.15, 0.2) is 10.3 Å². The van der Waals surface area contributed by atoms with E-state index in [2.05, 4.69) is 20.6 Å². The largest absolute Gasteiger partial charge is 0.300 e. The minimum absolute atomic E-state index is 0.238. The Morgan fingerprint density at radius 1 is 0.639 bits per heavy atom. The maximum absolute atomic E-state index is 12.4. The molecule has 0 saturated carbocycles. The Morgan fingerprint density at radius 2 is 1.08 bits per heavy atom. The topological polar surface area (TPSA) is 82.9 Å². The molecular formula is C26H16Cl2N4O2S2. The first-order valence-corrected chi connectivity index (χ1v) is 13.0. The van der Waals surface area contributed by atoms with E-state index in [1.54, 1.807) is 30.4 Å². The van der Waals surface area contributed by atoms with Crippen molar-refractivity contribution in [1.82, 2.24) is 10.6 Å². The highest BCUT2D eigenvalue weighted by molar-refractivity contribution is 8.19. The molecular weight excluding hydrogens is 535 g/mol. The van der Waals surface area contributed by atoms with Crippen LogP contribution in [0.1, 0.15) is 11.1 Å². The maximum Gasteiger partial charge on any atom is 0.264 e. The highest BCUT2D eigenvalue weighted by Gasteiger charge is 2.25. The van der Waals surface area contributed by atoms with Crippen molar-refractivity contribution in [3.63, 3.8) is 0 Å². The zero-order valence-corrected chi connectivity index (χ0v) is 21.5. The number of carbonyl (C=O) groups excluding carboxylic acids is 2.